The molecule has 0 saturated carbocycles. The second kappa shape index (κ2) is 7.93. The van der Waals surface area contributed by atoms with Crippen LogP contribution < -0.4 is 0 Å². The Kier molecular flexibility index (Phi) is 5.57. The number of ether oxygens (including phenoxy) is 1. The Balaban J connectivity index is 1.66. The van der Waals surface area contributed by atoms with Crippen molar-refractivity contribution in [1.29, 1.82) is 0 Å². The van der Waals surface area contributed by atoms with Gasteiger partial charge < -0.3 is 14.9 Å². The Morgan fingerprint density at radius 2 is 2.03 bits per heavy atom. The second-order valence-corrected chi connectivity index (χ2v) is 9.13. The third kappa shape index (κ3) is 4.61. The summed E-state index contributed by atoms with van der Waals surface area (Å²) in [5.74, 6) is -2.65. The number of hydrogen-bond acceptors (Lipinski definition) is 5. The number of carbonyl (C=O) groups is 1. The highest BCUT2D eigenvalue weighted by atomic mass is 19.1. The van der Waals surface area contributed by atoms with Gasteiger partial charge in [-0.1, -0.05) is 0 Å². The van der Waals surface area contributed by atoms with Gasteiger partial charge in [-0.05, 0) is 49.6 Å². The summed E-state index contributed by atoms with van der Waals surface area (Å²) in [5.41, 5.74) is 0.362. The fraction of sp³-hybridized carbons (Fsp3) is 0.478. The highest BCUT2D eigenvalue weighted by Gasteiger charge is 2.41. The van der Waals surface area contributed by atoms with Crippen molar-refractivity contribution in [3.63, 3.8) is 0 Å². The van der Waals surface area contributed by atoms with Gasteiger partial charge in [0.25, 0.3) is 0 Å². The van der Waals surface area contributed by atoms with Crippen LogP contribution in [0.15, 0.2) is 24.3 Å². The summed E-state index contributed by atoms with van der Waals surface area (Å²) in [7, 11) is 0. The lowest BCUT2D eigenvalue weighted by molar-refractivity contribution is -0.152. The molecule has 1 saturated heterocycles. The van der Waals surface area contributed by atoms with Crippen LogP contribution in [0.2, 0.25) is 0 Å². The lowest BCUT2D eigenvalue weighted by atomic mass is 9.83. The Labute approximate surface area is 179 Å². The van der Waals surface area contributed by atoms with Gasteiger partial charge in [0.2, 0.25) is 0 Å². The molecular formula is C23H26F2N2O4. The number of nitrogens with zero attached hydrogens (tertiary/aromatic N) is 2. The number of halogens is 2. The third-order valence-corrected chi connectivity index (χ3v) is 6.03. The van der Waals surface area contributed by atoms with Crippen molar-refractivity contribution in [3.05, 3.63) is 52.9 Å². The molecule has 1 aromatic carbocycles. The van der Waals surface area contributed by atoms with Crippen molar-refractivity contribution in [2.45, 2.75) is 50.9 Å². The minimum atomic E-state index is -1.21. The molecule has 0 amide bonds. The number of fused-ring (bicyclic) bond motifs is 1. The van der Waals surface area contributed by atoms with E-state index in [2.05, 4.69) is 4.98 Å². The molecule has 2 aliphatic heterocycles. The van der Waals surface area contributed by atoms with Gasteiger partial charge in [0.1, 0.15) is 17.3 Å². The van der Waals surface area contributed by atoms with E-state index in [9.17, 15) is 23.8 Å². The van der Waals surface area contributed by atoms with Crippen LogP contribution in [0.3, 0.4) is 0 Å². The quantitative estimate of drug-likeness (QED) is 0.771. The predicted molar refractivity (Wildman–Crippen MR) is 110 cm³/mol. The van der Waals surface area contributed by atoms with Crippen molar-refractivity contribution in [1.82, 2.24) is 9.88 Å². The number of hydrogen-bond donors (Lipinski definition) is 2. The van der Waals surface area contributed by atoms with Crippen molar-refractivity contribution < 1.29 is 28.5 Å². The van der Waals surface area contributed by atoms with Crippen LogP contribution >= 0.6 is 0 Å². The van der Waals surface area contributed by atoms with Gasteiger partial charge in [0.15, 0.2) is 0 Å². The molecule has 1 fully saturated rings. The molecule has 0 unspecified atom stereocenters. The molecule has 166 valence electrons. The Bertz CT molecular complexity index is 1030. The summed E-state index contributed by atoms with van der Waals surface area (Å²) >= 11 is 0. The number of carboxylic acids is 1. The molecule has 8 heteroatoms. The molecule has 3 heterocycles. The van der Waals surface area contributed by atoms with Gasteiger partial charge in [0, 0.05) is 44.1 Å². The maximum absolute atomic E-state index is 14.5. The van der Waals surface area contributed by atoms with Crippen molar-refractivity contribution in [2.75, 3.05) is 19.7 Å². The monoisotopic (exact) mass is 432 g/mol. The van der Waals surface area contributed by atoms with E-state index in [1.54, 1.807) is 0 Å². The summed E-state index contributed by atoms with van der Waals surface area (Å²) in [5, 5.41) is 20.6. The Morgan fingerprint density at radius 3 is 2.71 bits per heavy atom. The van der Waals surface area contributed by atoms with E-state index in [1.807, 2.05) is 18.7 Å². The summed E-state index contributed by atoms with van der Waals surface area (Å²) in [6, 6.07) is 4.62. The Hall–Kier alpha value is -2.42. The molecule has 0 radical (unpaired) electrons. The van der Waals surface area contributed by atoms with Crippen LogP contribution in [0.1, 0.15) is 48.4 Å². The zero-order valence-corrected chi connectivity index (χ0v) is 17.6. The minimum Gasteiger partial charge on any atom is -0.477 e. The smallest absolute Gasteiger partial charge is 0.354 e. The van der Waals surface area contributed by atoms with E-state index in [0.717, 1.165) is 17.7 Å². The molecule has 0 aliphatic carbocycles. The molecule has 2 N–H and O–H groups in total. The summed E-state index contributed by atoms with van der Waals surface area (Å²) < 4.78 is 33.6. The number of pyridine rings is 1. The minimum absolute atomic E-state index is 0.154. The molecule has 4 rings (SSSR count). The molecule has 2 aromatic rings. The fourth-order valence-electron chi connectivity index (χ4n) is 4.79. The number of aliphatic hydroxyl groups is 1. The molecule has 31 heavy (non-hydrogen) atoms. The molecular weight excluding hydrogens is 406 g/mol. The van der Waals surface area contributed by atoms with Crippen molar-refractivity contribution >= 4 is 5.97 Å². The summed E-state index contributed by atoms with van der Waals surface area (Å²) in [6.07, 6.45) is 1.54. The van der Waals surface area contributed by atoms with Crippen LogP contribution in [0.25, 0.3) is 11.1 Å². The number of aromatic nitrogens is 1. The summed E-state index contributed by atoms with van der Waals surface area (Å²) in [4.78, 5) is 18.0. The molecule has 1 aromatic heterocycles. The van der Waals surface area contributed by atoms with E-state index in [4.69, 9.17) is 4.74 Å². The van der Waals surface area contributed by atoms with Gasteiger partial charge >= 0.3 is 5.97 Å². The predicted octanol–water partition coefficient (Wildman–Crippen LogP) is 3.40. The number of aromatic carboxylic acids is 1. The first-order chi connectivity index (χ1) is 14.6. The first-order valence-electron chi connectivity index (χ1n) is 10.4. The topological polar surface area (TPSA) is 82.9 Å². The summed E-state index contributed by atoms with van der Waals surface area (Å²) in [6.45, 7) is 5.75. The van der Waals surface area contributed by atoms with Gasteiger partial charge in [0.05, 0.1) is 23.5 Å². The average molecular weight is 432 g/mol. The SMILES string of the molecule is CC1(C)C[C@](O)(CN2CCc3c(-c4ccc(F)cc4F)cc(C(=O)O)nc3C2)CCO1. The molecule has 0 bridgehead atoms. The van der Waals surface area contributed by atoms with Gasteiger partial charge in [-0.3, -0.25) is 4.90 Å². The van der Waals surface area contributed by atoms with Crippen molar-refractivity contribution in [2.24, 2.45) is 0 Å². The number of rotatable bonds is 4. The van der Waals surface area contributed by atoms with Crippen LogP contribution in [0, 0.1) is 11.6 Å². The fourth-order valence-corrected chi connectivity index (χ4v) is 4.79. The van der Waals surface area contributed by atoms with Crippen LogP contribution in [0.4, 0.5) is 8.78 Å². The first-order valence-corrected chi connectivity index (χ1v) is 10.4. The van der Waals surface area contributed by atoms with E-state index < -0.39 is 28.8 Å². The Morgan fingerprint density at radius 1 is 1.26 bits per heavy atom. The first kappa shape index (κ1) is 21.8. The third-order valence-electron chi connectivity index (χ3n) is 6.03. The maximum atomic E-state index is 14.5. The highest BCUT2D eigenvalue weighted by Crippen LogP contribution is 2.36. The highest BCUT2D eigenvalue weighted by molar-refractivity contribution is 5.88. The van der Waals surface area contributed by atoms with Gasteiger partial charge in [-0.2, -0.15) is 0 Å². The van der Waals surface area contributed by atoms with Gasteiger partial charge in [-0.25, -0.2) is 18.6 Å². The normalized spacial score (nSPS) is 23.4. The van der Waals surface area contributed by atoms with Crippen LogP contribution in [0.5, 0.6) is 0 Å². The van der Waals surface area contributed by atoms with Gasteiger partial charge in [-0.15, -0.1) is 0 Å². The average Bonchev–Trinajstić information content (AvgIpc) is 2.65. The molecule has 0 spiro atoms. The number of carboxylic acid groups (broad SMARTS) is 1. The van der Waals surface area contributed by atoms with E-state index in [-0.39, 0.29) is 11.3 Å². The lowest BCUT2D eigenvalue weighted by Crippen LogP contribution is -2.53. The number of benzene rings is 1. The molecule has 1 atom stereocenters. The standard InChI is InChI=1S/C23H26F2N2O4/c1-22(2)12-23(30,6-8-31-22)13-27-7-5-16-17(15-4-3-14(24)9-18(15)25)10-19(21(28)29)26-20(16)11-27/h3-4,9-10,30H,5-8,11-13H2,1-2H3,(H,28,29)/t23-/m0/s1. The number of β-amino-alcohol motifs (C(OH)–C–C–N with tert-alkyl or cyclic N) is 1. The van der Waals surface area contributed by atoms with E-state index in [0.29, 0.717) is 56.8 Å². The zero-order valence-electron chi connectivity index (χ0n) is 17.6. The zero-order chi connectivity index (χ0) is 22.4. The van der Waals surface area contributed by atoms with Crippen LogP contribution in [-0.2, 0) is 17.7 Å². The molecule has 6 nitrogen and oxygen atoms in total. The lowest BCUT2D eigenvalue weighted by Gasteiger charge is -2.44. The van der Waals surface area contributed by atoms with E-state index >= 15 is 0 Å². The molecule has 2 aliphatic rings. The largest absolute Gasteiger partial charge is 0.477 e. The second-order valence-electron chi connectivity index (χ2n) is 9.13. The maximum Gasteiger partial charge on any atom is 0.354 e. The van der Waals surface area contributed by atoms with E-state index in [1.165, 1.54) is 12.1 Å². The van der Waals surface area contributed by atoms with Crippen molar-refractivity contribution in [3.8, 4) is 11.1 Å². The van der Waals surface area contributed by atoms with Crippen LogP contribution in [-0.4, -0.2) is 57.0 Å².